The van der Waals surface area contributed by atoms with Crippen LogP contribution in [0.1, 0.15) is 29.3 Å². The molecule has 3 aromatic rings. The zero-order valence-electron chi connectivity index (χ0n) is 16.7. The van der Waals surface area contributed by atoms with E-state index in [1.807, 2.05) is 36.4 Å². The number of para-hydroxylation sites is 2. The van der Waals surface area contributed by atoms with E-state index < -0.39 is 0 Å². The monoisotopic (exact) mass is 411 g/mol. The molecule has 5 nitrogen and oxygen atoms in total. The molecule has 6 heteroatoms. The molecular formula is C23H26ClN3O2. The summed E-state index contributed by atoms with van der Waals surface area (Å²) in [6.45, 7) is 6.20. The zero-order chi connectivity index (χ0) is 19.9. The summed E-state index contributed by atoms with van der Waals surface area (Å²) in [5.74, 6) is 0.466. The zero-order valence-corrected chi connectivity index (χ0v) is 17.5. The molecule has 0 spiro atoms. The molecular weight excluding hydrogens is 386 g/mol. The third-order valence-corrected chi connectivity index (χ3v) is 4.53. The molecule has 0 radical (unpaired) electrons. The molecule has 0 saturated heterocycles. The van der Waals surface area contributed by atoms with Gasteiger partial charge in [-0.15, -0.1) is 19.0 Å². The number of hydrogen-bond donors (Lipinski definition) is 2. The second-order valence-corrected chi connectivity index (χ2v) is 6.43. The number of pyridine rings is 1. The highest BCUT2D eigenvalue weighted by Gasteiger charge is 2.18. The fraction of sp³-hybridized carbons (Fsp3) is 0.217. The first kappa shape index (κ1) is 22.2. The number of amides is 1. The maximum absolute atomic E-state index is 12.8. The molecule has 0 fully saturated rings. The number of hydrogen-bond acceptors (Lipinski definition) is 4. The maximum atomic E-state index is 12.8. The van der Waals surface area contributed by atoms with Gasteiger partial charge in [-0.25, -0.2) is 0 Å². The predicted molar refractivity (Wildman–Crippen MR) is 122 cm³/mol. The van der Waals surface area contributed by atoms with E-state index in [0.29, 0.717) is 29.1 Å². The molecule has 0 unspecified atom stereocenters. The van der Waals surface area contributed by atoms with Crippen molar-refractivity contribution in [3.8, 4) is 5.75 Å². The maximum Gasteiger partial charge on any atom is 0.255 e. The van der Waals surface area contributed by atoms with Gasteiger partial charge in [0.05, 0.1) is 18.4 Å². The van der Waals surface area contributed by atoms with Crippen LogP contribution >= 0.6 is 12.4 Å². The lowest BCUT2D eigenvalue weighted by Crippen LogP contribution is -2.24. The quantitative estimate of drug-likeness (QED) is 0.495. The number of rotatable bonds is 8. The number of carbonyl (C=O) groups is 1. The van der Waals surface area contributed by atoms with Crippen LogP contribution in [0, 0.1) is 0 Å². The summed E-state index contributed by atoms with van der Waals surface area (Å²) in [5.41, 5.74) is 4.09. The van der Waals surface area contributed by atoms with Gasteiger partial charge in [0.25, 0.3) is 5.91 Å². The Morgan fingerprint density at radius 3 is 2.72 bits per heavy atom. The highest BCUT2D eigenvalue weighted by molar-refractivity contribution is 6.09. The highest BCUT2D eigenvalue weighted by Crippen LogP contribution is 2.34. The number of fused-ring (bicyclic) bond motifs is 1. The third-order valence-electron chi connectivity index (χ3n) is 4.53. The van der Waals surface area contributed by atoms with Gasteiger partial charge in [0.1, 0.15) is 11.3 Å². The Hall–Kier alpha value is -3.05. The average Bonchev–Trinajstić information content (AvgIpc) is 2.73. The van der Waals surface area contributed by atoms with Crippen molar-refractivity contribution in [1.29, 1.82) is 0 Å². The normalized spacial score (nSPS) is 10.1. The van der Waals surface area contributed by atoms with Crippen LogP contribution in [0.2, 0.25) is 0 Å². The minimum absolute atomic E-state index is 0. The lowest BCUT2D eigenvalue weighted by atomic mass is 10.0. The topological polar surface area (TPSA) is 63.2 Å². The van der Waals surface area contributed by atoms with Crippen LogP contribution in [0.15, 0.2) is 61.3 Å². The van der Waals surface area contributed by atoms with E-state index >= 15 is 0 Å². The first-order chi connectivity index (χ1) is 13.7. The second kappa shape index (κ2) is 10.5. The minimum atomic E-state index is -0.201. The van der Waals surface area contributed by atoms with Gasteiger partial charge in [0.15, 0.2) is 0 Å². The van der Waals surface area contributed by atoms with Gasteiger partial charge in [-0.2, -0.15) is 0 Å². The molecule has 0 aliphatic carbocycles. The molecule has 1 heterocycles. The summed E-state index contributed by atoms with van der Waals surface area (Å²) in [6.07, 6.45) is 5.23. The van der Waals surface area contributed by atoms with Crippen molar-refractivity contribution < 1.29 is 9.53 Å². The lowest BCUT2D eigenvalue weighted by Gasteiger charge is -2.17. The molecule has 3 rings (SSSR count). The number of nitrogens with zero attached hydrogens (tertiary/aromatic N) is 1. The minimum Gasteiger partial charge on any atom is -0.494 e. The molecule has 1 aromatic heterocycles. The van der Waals surface area contributed by atoms with E-state index in [9.17, 15) is 4.79 Å². The van der Waals surface area contributed by atoms with E-state index in [1.54, 1.807) is 19.4 Å². The summed E-state index contributed by atoms with van der Waals surface area (Å²) in [4.78, 5) is 17.2. The van der Waals surface area contributed by atoms with Gasteiger partial charge in [-0.05, 0) is 24.1 Å². The molecule has 152 valence electrons. The van der Waals surface area contributed by atoms with Crippen molar-refractivity contribution in [2.45, 2.75) is 19.8 Å². The predicted octanol–water partition coefficient (Wildman–Crippen LogP) is 5.28. The van der Waals surface area contributed by atoms with Gasteiger partial charge < -0.3 is 15.4 Å². The number of nitrogens with one attached hydrogen (secondary N) is 2. The number of halogens is 1. The van der Waals surface area contributed by atoms with Crippen molar-refractivity contribution in [2.24, 2.45) is 0 Å². The number of anilines is 2. The Kier molecular flexibility index (Phi) is 8.04. The Balaban J connectivity index is 0.00000300. The average molecular weight is 412 g/mol. The number of aromatic nitrogens is 1. The van der Waals surface area contributed by atoms with E-state index in [0.717, 1.165) is 23.9 Å². The Bertz CT molecular complexity index is 1000. The van der Waals surface area contributed by atoms with E-state index in [-0.39, 0.29) is 18.3 Å². The molecule has 0 saturated carbocycles. The van der Waals surface area contributed by atoms with Crippen molar-refractivity contribution in [3.05, 3.63) is 72.4 Å². The van der Waals surface area contributed by atoms with Crippen molar-refractivity contribution in [1.82, 2.24) is 10.3 Å². The third kappa shape index (κ3) is 4.87. The van der Waals surface area contributed by atoms with Crippen LogP contribution in [0.4, 0.5) is 11.4 Å². The van der Waals surface area contributed by atoms with Gasteiger partial charge in [0.2, 0.25) is 0 Å². The van der Waals surface area contributed by atoms with Crippen LogP contribution in [-0.4, -0.2) is 24.5 Å². The fourth-order valence-electron chi connectivity index (χ4n) is 3.19. The first-order valence-corrected chi connectivity index (χ1v) is 9.39. The number of benzene rings is 2. The van der Waals surface area contributed by atoms with Crippen LogP contribution in [0.3, 0.4) is 0 Å². The molecule has 0 aliphatic heterocycles. The van der Waals surface area contributed by atoms with E-state index in [2.05, 4.69) is 35.2 Å². The van der Waals surface area contributed by atoms with E-state index in [4.69, 9.17) is 4.74 Å². The molecule has 2 N–H and O–H groups in total. The van der Waals surface area contributed by atoms with Crippen LogP contribution in [0.25, 0.3) is 10.9 Å². The molecule has 1 amide bonds. The summed E-state index contributed by atoms with van der Waals surface area (Å²) in [7, 11) is 1.62. The number of carbonyl (C=O) groups excluding carboxylic acids is 1. The Labute approximate surface area is 177 Å². The van der Waals surface area contributed by atoms with Crippen LogP contribution in [-0.2, 0) is 6.42 Å². The van der Waals surface area contributed by atoms with Gasteiger partial charge in [-0.1, -0.05) is 49.8 Å². The van der Waals surface area contributed by atoms with Crippen molar-refractivity contribution >= 4 is 40.6 Å². The summed E-state index contributed by atoms with van der Waals surface area (Å²) < 4.78 is 5.46. The van der Waals surface area contributed by atoms with Gasteiger partial charge in [0, 0.05) is 23.8 Å². The summed E-state index contributed by atoms with van der Waals surface area (Å²) in [5, 5.41) is 7.17. The van der Waals surface area contributed by atoms with Crippen molar-refractivity contribution in [3.63, 3.8) is 0 Å². The largest absolute Gasteiger partial charge is 0.494 e. The SMILES string of the molecule is C=CCNC(=O)c1cnc2c(OC)cccc2c1Nc1ccccc1CCC.Cl. The molecule has 29 heavy (non-hydrogen) atoms. The van der Waals surface area contributed by atoms with Crippen LogP contribution in [0.5, 0.6) is 5.75 Å². The Morgan fingerprint density at radius 2 is 2.00 bits per heavy atom. The smallest absolute Gasteiger partial charge is 0.255 e. The van der Waals surface area contributed by atoms with Gasteiger partial charge >= 0.3 is 0 Å². The van der Waals surface area contributed by atoms with Crippen molar-refractivity contribution in [2.75, 3.05) is 19.0 Å². The molecule has 0 atom stereocenters. The number of ether oxygens (including phenoxy) is 1. The Morgan fingerprint density at radius 1 is 1.21 bits per heavy atom. The summed E-state index contributed by atoms with van der Waals surface area (Å²) >= 11 is 0. The summed E-state index contributed by atoms with van der Waals surface area (Å²) in [6, 6.07) is 13.9. The first-order valence-electron chi connectivity index (χ1n) is 9.39. The molecule has 2 aromatic carbocycles. The number of methoxy groups -OCH3 is 1. The second-order valence-electron chi connectivity index (χ2n) is 6.43. The van der Waals surface area contributed by atoms with Gasteiger partial charge in [-0.3, -0.25) is 9.78 Å². The number of aryl methyl sites for hydroxylation is 1. The molecule has 0 aliphatic rings. The van der Waals surface area contributed by atoms with Crippen LogP contribution < -0.4 is 15.4 Å². The highest BCUT2D eigenvalue weighted by atomic mass is 35.5. The van der Waals surface area contributed by atoms with E-state index in [1.165, 1.54) is 5.56 Å². The molecule has 0 bridgehead atoms. The lowest BCUT2D eigenvalue weighted by molar-refractivity contribution is 0.0958. The standard InChI is InChI=1S/C23H25N3O2.ClH/c1-4-9-16-10-6-7-12-19(16)26-21-17-11-8-13-20(28-3)22(17)25-15-18(21)23(27)24-14-5-2;/h5-8,10-13,15H,2,4,9,14H2,1,3H3,(H,24,27)(H,25,26);1H. The fourth-order valence-corrected chi connectivity index (χ4v) is 3.19.